The Bertz CT molecular complexity index is 888. The first kappa shape index (κ1) is 16.3. The first-order valence-corrected chi connectivity index (χ1v) is 8.56. The van der Waals surface area contributed by atoms with Gasteiger partial charge >= 0.3 is 0 Å². The number of hydrogen-bond donors (Lipinski definition) is 3. The fraction of sp³-hybridized carbons (Fsp3) is 0.111. The maximum absolute atomic E-state index is 11.2. The van der Waals surface area contributed by atoms with Crippen molar-refractivity contribution in [1.82, 2.24) is 10.2 Å². The highest BCUT2D eigenvalue weighted by Crippen LogP contribution is 2.28. The number of nitrogens with one attached hydrogen (secondary N) is 2. The second kappa shape index (κ2) is 6.88. The Morgan fingerprint density at radius 1 is 1.29 bits per heavy atom. The molecular formula is C18H17BrN4O. The molecule has 1 amide bonds. The van der Waals surface area contributed by atoms with Crippen molar-refractivity contribution in [1.29, 1.82) is 0 Å². The van der Waals surface area contributed by atoms with Crippen molar-refractivity contribution in [2.24, 2.45) is 5.73 Å². The third kappa shape index (κ3) is 3.33. The van der Waals surface area contributed by atoms with Crippen molar-refractivity contribution in [3.05, 3.63) is 65.4 Å². The van der Waals surface area contributed by atoms with E-state index in [1.54, 1.807) is 12.1 Å². The van der Waals surface area contributed by atoms with Crippen LogP contribution in [0, 0.1) is 6.92 Å². The highest BCUT2D eigenvalue weighted by molar-refractivity contribution is 9.08. The minimum atomic E-state index is -0.423. The van der Waals surface area contributed by atoms with Crippen LogP contribution < -0.4 is 11.1 Å². The molecule has 0 fully saturated rings. The van der Waals surface area contributed by atoms with Gasteiger partial charge in [0.15, 0.2) is 0 Å². The first-order chi connectivity index (χ1) is 11.6. The average Bonchev–Trinajstić information content (AvgIpc) is 3.05. The van der Waals surface area contributed by atoms with E-state index in [9.17, 15) is 4.79 Å². The number of aromatic nitrogens is 2. The van der Waals surface area contributed by atoms with Gasteiger partial charge in [-0.05, 0) is 42.8 Å². The molecule has 0 atom stereocenters. The number of carbonyl (C=O) groups excluding carboxylic acids is 1. The summed E-state index contributed by atoms with van der Waals surface area (Å²) in [4.78, 5) is 11.2. The van der Waals surface area contributed by atoms with E-state index < -0.39 is 5.91 Å². The highest BCUT2D eigenvalue weighted by atomic mass is 79.9. The number of halogens is 1. The van der Waals surface area contributed by atoms with Gasteiger partial charge in [-0.2, -0.15) is 5.10 Å². The molecule has 0 saturated heterocycles. The Morgan fingerprint density at radius 2 is 2.12 bits per heavy atom. The van der Waals surface area contributed by atoms with E-state index in [0.717, 1.165) is 39.1 Å². The number of rotatable bonds is 5. The summed E-state index contributed by atoms with van der Waals surface area (Å²) >= 11 is 3.47. The third-order valence-corrected chi connectivity index (χ3v) is 4.41. The van der Waals surface area contributed by atoms with Crippen LogP contribution in [0.1, 0.15) is 21.5 Å². The monoisotopic (exact) mass is 384 g/mol. The summed E-state index contributed by atoms with van der Waals surface area (Å²) < 4.78 is 0. The molecule has 3 aromatic rings. The third-order valence-electron chi connectivity index (χ3n) is 3.80. The van der Waals surface area contributed by atoms with Crippen LogP contribution in [0.25, 0.3) is 11.3 Å². The molecule has 0 unspecified atom stereocenters. The van der Waals surface area contributed by atoms with Gasteiger partial charge in [-0.25, -0.2) is 0 Å². The average molecular weight is 385 g/mol. The van der Waals surface area contributed by atoms with Gasteiger partial charge in [-0.15, -0.1) is 0 Å². The SMILES string of the molecule is Cc1cc(C(N)=O)ccc1Nc1cccc(-c2[nH]ncc2CBr)c1. The van der Waals surface area contributed by atoms with Crippen molar-refractivity contribution in [2.45, 2.75) is 12.3 Å². The van der Waals surface area contributed by atoms with E-state index in [1.165, 1.54) is 0 Å². The van der Waals surface area contributed by atoms with Crippen LogP contribution in [0.15, 0.2) is 48.7 Å². The van der Waals surface area contributed by atoms with Gasteiger partial charge in [-0.3, -0.25) is 9.89 Å². The van der Waals surface area contributed by atoms with Gasteiger partial charge in [0.2, 0.25) is 5.91 Å². The number of carbonyl (C=O) groups is 1. The lowest BCUT2D eigenvalue weighted by Crippen LogP contribution is -2.11. The Morgan fingerprint density at radius 3 is 2.83 bits per heavy atom. The minimum Gasteiger partial charge on any atom is -0.366 e. The fourth-order valence-electron chi connectivity index (χ4n) is 2.53. The number of aryl methyl sites for hydroxylation is 1. The lowest BCUT2D eigenvalue weighted by molar-refractivity contribution is 0.1000. The number of nitrogens with two attached hydrogens (primary N) is 1. The summed E-state index contributed by atoms with van der Waals surface area (Å²) in [5.41, 5.74) is 11.8. The summed E-state index contributed by atoms with van der Waals surface area (Å²) in [6.07, 6.45) is 1.82. The van der Waals surface area contributed by atoms with E-state index in [1.807, 2.05) is 37.4 Å². The Balaban J connectivity index is 1.89. The van der Waals surface area contributed by atoms with E-state index in [2.05, 4.69) is 37.5 Å². The normalized spacial score (nSPS) is 10.6. The van der Waals surface area contributed by atoms with Gasteiger partial charge in [0.1, 0.15) is 0 Å². The predicted octanol–water partition coefficient (Wildman–Crippen LogP) is 4.12. The second-order valence-electron chi connectivity index (χ2n) is 5.50. The number of amides is 1. The molecule has 0 spiro atoms. The van der Waals surface area contributed by atoms with E-state index >= 15 is 0 Å². The van der Waals surface area contributed by atoms with Gasteiger partial charge in [0, 0.05) is 33.4 Å². The molecule has 122 valence electrons. The van der Waals surface area contributed by atoms with Gasteiger partial charge < -0.3 is 11.1 Å². The Kier molecular flexibility index (Phi) is 4.66. The number of aromatic amines is 1. The summed E-state index contributed by atoms with van der Waals surface area (Å²) in [5, 5.41) is 11.3. The largest absolute Gasteiger partial charge is 0.366 e. The standard InChI is InChI=1S/C18H17BrN4O/c1-11-7-13(18(20)24)5-6-16(11)22-15-4-2-3-12(8-15)17-14(9-19)10-21-23-17/h2-8,10,22H,9H2,1H3,(H2,20,24)(H,21,23). The molecule has 4 N–H and O–H groups in total. The van der Waals surface area contributed by atoms with Crippen LogP contribution >= 0.6 is 15.9 Å². The summed E-state index contributed by atoms with van der Waals surface area (Å²) in [6, 6.07) is 13.4. The summed E-state index contributed by atoms with van der Waals surface area (Å²) in [7, 11) is 0. The molecule has 0 aliphatic heterocycles. The fourth-order valence-corrected chi connectivity index (χ4v) is 2.95. The molecule has 0 saturated carbocycles. The number of primary amides is 1. The molecule has 24 heavy (non-hydrogen) atoms. The van der Waals surface area contributed by atoms with E-state index in [4.69, 9.17) is 5.73 Å². The molecule has 1 aromatic heterocycles. The minimum absolute atomic E-state index is 0.423. The molecule has 0 aliphatic rings. The van der Waals surface area contributed by atoms with Gasteiger partial charge in [0.05, 0.1) is 11.9 Å². The number of H-pyrrole nitrogens is 1. The smallest absolute Gasteiger partial charge is 0.248 e. The predicted molar refractivity (Wildman–Crippen MR) is 99.6 cm³/mol. The second-order valence-corrected chi connectivity index (χ2v) is 6.06. The van der Waals surface area contributed by atoms with Crippen LogP contribution in [0.4, 0.5) is 11.4 Å². The number of alkyl halides is 1. The van der Waals surface area contributed by atoms with Gasteiger partial charge in [0.25, 0.3) is 0 Å². The molecule has 0 bridgehead atoms. The number of benzene rings is 2. The zero-order chi connectivity index (χ0) is 17.1. The van der Waals surface area contributed by atoms with Gasteiger partial charge in [-0.1, -0.05) is 28.1 Å². The van der Waals surface area contributed by atoms with Crippen molar-refractivity contribution in [3.63, 3.8) is 0 Å². The molecule has 6 heteroatoms. The lowest BCUT2D eigenvalue weighted by atomic mass is 10.1. The van der Waals surface area contributed by atoms with E-state index in [0.29, 0.717) is 5.56 Å². The summed E-state index contributed by atoms with van der Waals surface area (Å²) in [6.45, 7) is 1.94. The number of hydrogen-bond acceptors (Lipinski definition) is 3. The molecule has 1 heterocycles. The van der Waals surface area contributed by atoms with Crippen molar-refractivity contribution in [2.75, 3.05) is 5.32 Å². The van der Waals surface area contributed by atoms with Crippen molar-refractivity contribution in [3.8, 4) is 11.3 Å². The molecule has 0 aliphatic carbocycles. The summed E-state index contributed by atoms with van der Waals surface area (Å²) in [5.74, 6) is -0.423. The zero-order valence-electron chi connectivity index (χ0n) is 13.1. The molecule has 0 radical (unpaired) electrons. The molecule has 5 nitrogen and oxygen atoms in total. The molecule has 2 aromatic carbocycles. The van der Waals surface area contributed by atoms with Crippen molar-refractivity contribution >= 4 is 33.2 Å². The Hall–Kier alpha value is -2.60. The van der Waals surface area contributed by atoms with Crippen LogP contribution in [0.3, 0.4) is 0 Å². The Labute approximate surface area is 148 Å². The molecular weight excluding hydrogens is 368 g/mol. The number of anilines is 2. The van der Waals surface area contributed by atoms with Crippen molar-refractivity contribution < 1.29 is 4.79 Å². The quantitative estimate of drug-likeness (QED) is 0.578. The van der Waals surface area contributed by atoms with Crippen LogP contribution in [0.2, 0.25) is 0 Å². The zero-order valence-corrected chi connectivity index (χ0v) is 14.7. The maximum Gasteiger partial charge on any atom is 0.248 e. The lowest BCUT2D eigenvalue weighted by Gasteiger charge is -2.12. The highest BCUT2D eigenvalue weighted by Gasteiger charge is 2.08. The van der Waals surface area contributed by atoms with E-state index in [-0.39, 0.29) is 0 Å². The van der Waals surface area contributed by atoms with Crippen LogP contribution in [-0.2, 0) is 5.33 Å². The topological polar surface area (TPSA) is 83.8 Å². The van der Waals surface area contributed by atoms with Crippen LogP contribution in [0.5, 0.6) is 0 Å². The number of nitrogens with zero attached hydrogens (tertiary/aromatic N) is 1. The van der Waals surface area contributed by atoms with Crippen LogP contribution in [-0.4, -0.2) is 16.1 Å². The molecule has 3 rings (SSSR count). The first-order valence-electron chi connectivity index (χ1n) is 7.44. The maximum atomic E-state index is 11.2.